The van der Waals surface area contributed by atoms with Crippen LogP contribution in [0.15, 0.2) is 4.99 Å². The third kappa shape index (κ3) is 13.8. The summed E-state index contributed by atoms with van der Waals surface area (Å²) in [5.74, 6) is -5.77. The molecule has 0 radical (unpaired) electrons. The van der Waals surface area contributed by atoms with E-state index in [1.165, 1.54) is 6.92 Å². The van der Waals surface area contributed by atoms with Gasteiger partial charge < -0.3 is 48.1 Å². The number of aliphatic imine (C=N–C) groups is 1. The second-order valence-electron chi connectivity index (χ2n) is 10.6. The first-order chi connectivity index (χ1) is 21.0. The smallest absolute Gasteiger partial charge is 0.305 e. The largest absolute Gasteiger partial charge is 0.481 e. The molecule has 10 N–H and O–H groups in total. The molecule has 1 fully saturated rings. The Bertz CT molecular complexity index is 1130. The van der Waals surface area contributed by atoms with E-state index in [1.54, 1.807) is 13.8 Å². The first-order valence-corrected chi connectivity index (χ1v) is 16.7. The number of carbonyl (C=O) groups excluding carboxylic acids is 6. The van der Waals surface area contributed by atoms with E-state index in [0.29, 0.717) is 25.5 Å². The van der Waals surface area contributed by atoms with Crippen molar-refractivity contribution < 1.29 is 38.7 Å². The van der Waals surface area contributed by atoms with E-state index in [1.807, 2.05) is 18.7 Å². The molecule has 1 aliphatic heterocycles. The Morgan fingerprint density at radius 1 is 1.02 bits per heavy atom. The standard InChI is InChI=1S/C26H45N9O8S2/c1-6-35(7-2)25(28)29-10-8-9-15-22(41)30-12-18(37)32-16(11-19(38)39)23(42)34-20(21(27)40)26(4,5)45-44-13-17(24(43)33-15)31-14(3)36/h15-17,20H,6-13H2,1-5H3,(H2,27,40)(H2,28,29)(H,30,41)(H,31,36)(H,32,37)(H,33,43)(H,34,42)(H,38,39)/t15?,16-,17?,20?/m0/s1. The fourth-order valence-corrected chi connectivity index (χ4v) is 6.98. The van der Waals surface area contributed by atoms with Gasteiger partial charge in [0.2, 0.25) is 35.4 Å². The number of nitrogens with two attached hydrogens (primary N) is 2. The number of nitrogens with one attached hydrogen (secondary N) is 5. The molecule has 45 heavy (non-hydrogen) atoms. The van der Waals surface area contributed by atoms with Gasteiger partial charge in [-0.15, -0.1) is 0 Å². The summed E-state index contributed by atoms with van der Waals surface area (Å²) in [7, 11) is 2.19. The molecular weight excluding hydrogens is 630 g/mol. The van der Waals surface area contributed by atoms with Crippen LogP contribution in [0, 0.1) is 0 Å². The summed E-state index contributed by atoms with van der Waals surface area (Å²) in [6, 6.07) is -5.15. The third-order valence-electron chi connectivity index (χ3n) is 6.57. The molecule has 4 atom stereocenters. The summed E-state index contributed by atoms with van der Waals surface area (Å²) in [5.41, 5.74) is 11.6. The number of carboxylic acids is 1. The Kier molecular flexibility index (Phi) is 16.5. The Morgan fingerprint density at radius 2 is 1.67 bits per heavy atom. The zero-order valence-corrected chi connectivity index (χ0v) is 27.8. The van der Waals surface area contributed by atoms with Crippen molar-refractivity contribution in [2.45, 2.75) is 82.8 Å². The normalized spacial score (nSPS) is 23.8. The summed E-state index contributed by atoms with van der Waals surface area (Å²) in [5, 5.41) is 21.5. The topological polar surface area (TPSA) is 268 Å². The number of guanidine groups is 1. The average Bonchev–Trinajstić information content (AvgIpc) is 2.94. The van der Waals surface area contributed by atoms with Crippen LogP contribution in [0.4, 0.5) is 0 Å². The van der Waals surface area contributed by atoms with Gasteiger partial charge in [-0.3, -0.25) is 38.6 Å². The van der Waals surface area contributed by atoms with Crippen LogP contribution in [0.25, 0.3) is 0 Å². The molecule has 1 rings (SSSR count). The van der Waals surface area contributed by atoms with Crippen molar-refractivity contribution in [2.75, 3.05) is 31.9 Å². The lowest BCUT2D eigenvalue weighted by atomic mass is 10.0. The fraction of sp³-hybridized carbons (Fsp3) is 0.692. The van der Waals surface area contributed by atoms with Crippen LogP contribution in [-0.2, 0) is 33.6 Å². The van der Waals surface area contributed by atoms with Gasteiger partial charge in [0.25, 0.3) is 0 Å². The lowest BCUT2D eigenvalue weighted by molar-refractivity contribution is -0.141. The molecule has 0 aromatic carbocycles. The predicted molar refractivity (Wildman–Crippen MR) is 171 cm³/mol. The molecule has 1 aliphatic rings. The Hall–Kier alpha value is -3.74. The molecule has 0 bridgehead atoms. The molecule has 254 valence electrons. The van der Waals surface area contributed by atoms with Crippen molar-refractivity contribution in [2.24, 2.45) is 16.5 Å². The van der Waals surface area contributed by atoms with Crippen LogP contribution in [0.3, 0.4) is 0 Å². The van der Waals surface area contributed by atoms with Crippen LogP contribution in [-0.4, -0.2) is 118 Å². The van der Waals surface area contributed by atoms with Crippen LogP contribution in [0.2, 0.25) is 0 Å². The van der Waals surface area contributed by atoms with Crippen LogP contribution in [0.1, 0.15) is 53.9 Å². The van der Waals surface area contributed by atoms with Crippen molar-refractivity contribution in [1.29, 1.82) is 0 Å². The molecule has 1 heterocycles. The third-order valence-corrected chi connectivity index (χ3v) is 9.87. The lowest BCUT2D eigenvalue weighted by Gasteiger charge is -2.33. The van der Waals surface area contributed by atoms with Gasteiger partial charge in [-0.05, 0) is 40.5 Å². The maximum absolute atomic E-state index is 13.3. The van der Waals surface area contributed by atoms with Crippen LogP contribution < -0.4 is 38.1 Å². The van der Waals surface area contributed by atoms with E-state index in [4.69, 9.17) is 11.5 Å². The Balaban J connectivity index is 3.35. The number of carboxylic acid groups (broad SMARTS) is 1. The highest BCUT2D eigenvalue weighted by Crippen LogP contribution is 2.38. The van der Waals surface area contributed by atoms with Gasteiger partial charge in [-0.2, -0.15) is 0 Å². The van der Waals surface area contributed by atoms with Gasteiger partial charge in [0, 0.05) is 37.1 Å². The van der Waals surface area contributed by atoms with Gasteiger partial charge in [0.1, 0.15) is 24.2 Å². The number of carbonyl (C=O) groups is 7. The highest BCUT2D eigenvalue weighted by atomic mass is 33.1. The average molecular weight is 676 g/mol. The second kappa shape index (κ2) is 18.9. The van der Waals surface area contributed by atoms with Crippen LogP contribution >= 0.6 is 21.6 Å². The Labute approximate surface area is 270 Å². The van der Waals surface area contributed by atoms with E-state index >= 15 is 0 Å². The molecule has 3 unspecified atom stereocenters. The van der Waals surface area contributed by atoms with Gasteiger partial charge in [-0.25, -0.2) is 0 Å². The summed E-state index contributed by atoms with van der Waals surface area (Å²) < 4.78 is -1.09. The molecule has 0 aromatic heterocycles. The minimum atomic E-state index is -1.59. The maximum atomic E-state index is 13.3. The molecule has 0 aromatic rings. The number of hydrogen-bond acceptors (Lipinski definition) is 10. The molecule has 1 saturated heterocycles. The van der Waals surface area contributed by atoms with Crippen LogP contribution in [0.5, 0.6) is 0 Å². The fourth-order valence-electron chi connectivity index (χ4n) is 4.16. The van der Waals surface area contributed by atoms with Gasteiger partial charge in [-0.1, -0.05) is 21.6 Å². The number of aliphatic carboxylic acids is 1. The molecule has 19 heteroatoms. The van der Waals surface area contributed by atoms with Crippen molar-refractivity contribution in [1.82, 2.24) is 31.5 Å². The quantitative estimate of drug-likeness (QED) is 0.0523. The van der Waals surface area contributed by atoms with Crippen molar-refractivity contribution in [3.63, 3.8) is 0 Å². The van der Waals surface area contributed by atoms with E-state index in [9.17, 15) is 38.7 Å². The summed E-state index contributed by atoms with van der Waals surface area (Å²) >= 11 is 0. The molecule has 6 amide bonds. The zero-order valence-electron chi connectivity index (χ0n) is 26.1. The van der Waals surface area contributed by atoms with E-state index in [0.717, 1.165) is 21.6 Å². The van der Waals surface area contributed by atoms with Gasteiger partial charge in [0.15, 0.2) is 5.96 Å². The molecule has 0 aliphatic carbocycles. The molecule has 17 nitrogen and oxygen atoms in total. The first-order valence-electron chi connectivity index (χ1n) is 14.3. The lowest BCUT2D eigenvalue weighted by Crippen LogP contribution is -2.59. The number of rotatable bonds is 10. The van der Waals surface area contributed by atoms with E-state index in [-0.39, 0.29) is 18.7 Å². The summed E-state index contributed by atoms with van der Waals surface area (Å²) in [4.78, 5) is 94.0. The van der Waals surface area contributed by atoms with Crippen molar-refractivity contribution in [3.8, 4) is 0 Å². The molecule has 0 spiro atoms. The summed E-state index contributed by atoms with van der Waals surface area (Å²) in [6.07, 6.45) is -0.390. The number of primary amides is 1. The van der Waals surface area contributed by atoms with Gasteiger partial charge >= 0.3 is 5.97 Å². The SMILES string of the molecule is CCN(CC)C(N)=NCCCC1NC(=O)C(NC(C)=O)CSSC(C)(C)C(C(N)=O)NC(=O)[C@H](CC(=O)O)NC(=O)CNC1=O. The highest BCUT2D eigenvalue weighted by molar-refractivity contribution is 8.77. The minimum absolute atomic E-state index is 0.000342. The number of amides is 6. The molecule has 0 saturated carbocycles. The molecular formula is C26H45N9O8S2. The Morgan fingerprint density at radius 3 is 2.22 bits per heavy atom. The first kappa shape index (κ1) is 39.3. The predicted octanol–water partition coefficient (Wildman–Crippen LogP) is -2.37. The van der Waals surface area contributed by atoms with E-state index in [2.05, 4.69) is 31.6 Å². The summed E-state index contributed by atoms with van der Waals surface area (Å²) in [6.45, 7) is 9.18. The van der Waals surface area contributed by atoms with Gasteiger partial charge in [0.05, 0.1) is 13.0 Å². The van der Waals surface area contributed by atoms with Crippen molar-refractivity contribution in [3.05, 3.63) is 0 Å². The zero-order chi connectivity index (χ0) is 34.3. The maximum Gasteiger partial charge on any atom is 0.305 e. The second-order valence-corrected chi connectivity index (χ2v) is 13.6. The minimum Gasteiger partial charge on any atom is -0.481 e. The van der Waals surface area contributed by atoms with E-state index < -0.39 is 83.3 Å². The highest BCUT2D eigenvalue weighted by Gasteiger charge is 2.39. The number of hydrogen-bond donors (Lipinski definition) is 8. The monoisotopic (exact) mass is 675 g/mol. The number of nitrogens with zero attached hydrogens (tertiary/aromatic N) is 2. The van der Waals surface area contributed by atoms with Crippen molar-refractivity contribution >= 4 is 69.0 Å².